The topological polar surface area (TPSA) is 142 Å². The van der Waals surface area contributed by atoms with Gasteiger partial charge < -0.3 is 25.6 Å². The molecule has 326 valence electrons. The summed E-state index contributed by atoms with van der Waals surface area (Å²) in [5.41, 5.74) is 0. The molecule has 0 aliphatic heterocycles. The van der Waals surface area contributed by atoms with Gasteiger partial charge in [-0.2, -0.15) is 0 Å². The molecule has 2 atom stereocenters. The van der Waals surface area contributed by atoms with E-state index in [0.29, 0.717) is 12.8 Å². The smallest absolute Gasteiger partial charge is 0.328 e. The first-order chi connectivity index (χ1) is 27.3. The standard InChI is InChI=1S/C47H86N2O7/c1-3-5-7-9-11-13-15-17-18-20-22-24-26-31-35-39-46(53)56-42(36-32-28-25-23-21-19-16-14-12-10-8-6-4-2)37-33-29-27-30-34-38-44(51)48-40-45(52)49-43(41-50)47(54)55/h16,19,23,25,42-43,50H,3-15,17-18,20-22,24,26-41H2,1-2H3,(H,48,51)(H,49,52)(H,54,55)/b19-16-,25-23-. The molecule has 56 heavy (non-hydrogen) atoms. The van der Waals surface area contributed by atoms with Crippen LogP contribution in [0.5, 0.6) is 0 Å². The molecule has 0 bridgehead atoms. The van der Waals surface area contributed by atoms with Crippen LogP contribution in [0, 0.1) is 0 Å². The Bertz CT molecular complexity index is 999. The molecule has 0 aliphatic rings. The molecule has 2 unspecified atom stereocenters. The van der Waals surface area contributed by atoms with Gasteiger partial charge in [0.2, 0.25) is 11.8 Å². The Labute approximate surface area is 343 Å². The van der Waals surface area contributed by atoms with Crippen LogP contribution < -0.4 is 10.6 Å². The number of aliphatic hydroxyl groups is 1. The van der Waals surface area contributed by atoms with Crippen molar-refractivity contribution >= 4 is 23.8 Å². The summed E-state index contributed by atoms with van der Waals surface area (Å²) in [5, 5.41) is 22.6. The van der Waals surface area contributed by atoms with Gasteiger partial charge in [0, 0.05) is 12.8 Å². The first-order valence-corrected chi connectivity index (χ1v) is 23.2. The number of rotatable bonds is 42. The zero-order chi connectivity index (χ0) is 41.2. The minimum absolute atomic E-state index is 0.0525. The highest BCUT2D eigenvalue weighted by atomic mass is 16.5. The number of carbonyl (C=O) groups is 4. The van der Waals surface area contributed by atoms with E-state index < -0.39 is 24.5 Å². The van der Waals surface area contributed by atoms with Crippen LogP contribution in [0.4, 0.5) is 0 Å². The SMILES string of the molecule is CCCCCCC/C=C\C/C=C\CCCC(CCCCCCCC(=O)NCC(=O)NC(CO)C(=O)O)OC(=O)CCCCCCCCCCCCCCCCC. The van der Waals surface area contributed by atoms with E-state index in [2.05, 4.69) is 48.8 Å². The summed E-state index contributed by atoms with van der Waals surface area (Å²) in [4.78, 5) is 47.6. The minimum atomic E-state index is -1.38. The minimum Gasteiger partial charge on any atom is -0.480 e. The Morgan fingerprint density at radius 2 is 0.982 bits per heavy atom. The lowest BCUT2D eigenvalue weighted by molar-refractivity contribution is -0.150. The Balaban J connectivity index is 4.35. The molecule has 0 aliphatic carbocycles. The third-order valence-corrected chi connectivity index (χ3v) is 10.5. The van der Waals surface area contributed by atoms with Crippen molar-refractivity contribution in [1.29, 1.82) is 0 Å². The van der Waals surface area contributed by atoms with Crippen molar-refractivity contribution < 1.29 is 34.1 Å². The normalized spacial score (nSPS) is 12.6. The molecule has 0 aromatic rings. The molecule has 4 N–H and O–H groups in total. The molecule has 0 spiro atoms. The van der Waals surface area contributed by atoms with E-state index in [1.807, 2.05) is 0 Å². The highest BCUT2D eigenvalue weighted by Crippen LogP contribution is 2.18. The van der Waals surface area contributed by atoms with Gasteiger partial charge in [0.1, 0.15) is 12.1 Å². The number of hydrogen-bond donors (Lipinski definition) is 4. The maximum Gasteiger partial charge on any atom is 0.328 e. The third-order valence-electron chi connectivity index (χ3n) is 10.5. The highest BCUT2D eigenvalue weighted by molar-refractivity contribution is 5.87. The molecule has 0 rings (SSSR count). The number of aliphatic carboxylic acids is 1. The predicted octanol–water partition coefficient (Wildman–Crippen LogP) is 11.6. The monoisotopic (exact) mass is 791 g/mol. The fourth-order valence-corrected chi connectivity index (χ4v) is 6.87. The van der Waals surface area contributed by atoms with Crippen molar-refractivity contribution in [2.45, 2.75) is 238 Å². The number of hydrogen-bond acceptors (Lipinski definition) is 6. The fraction of sp³-hybridized carbons (Fsp3) is 0.830. The maximum absolute atomic E-state index is 12.8. The molecule has 0 saturated carbocycles. The van der Waals surface area contributed by atoms with Gasteiger partial charge >= 0.3 is 11.9 Å². The Morgan fingerprint density at radius 1 is 0.536 bits per heavy atom. The second-order valence-electron chi connectivity index (χ2n) is 15.8. The van der Waals surface area contributed by atoms with Crippen molar-refractivity contribution in [2.75, 3.05) is 13.2 Å². The average Bonchev–Trinajstić information content (AvgIpc) is 3.18. The van der Waals surface area contributed by atoms with Crippen LogP contribution in [-0.2, 0) is 23.9 Å². The number of carboxylic acid groups (broad SMARTS) is 1. The molecule has 0 aromatic carbocycles. The molecular formula is C47H86N2O7. The van der Waals surface area contributed by atoms with Crippen molar-refractivity contribution in [2.24, 2.45) is 0 Å². The van der Waals surface area contributed by atoms with Crippen molar-refractivity contribution in [3.63, 3.8) is 0 Å². The van der Waals surface area contributed by atoms with Gasteiger partial charge in [-0.05, 0) is 64.2 Å². The number of amides is 2. The zero-order valence-corrected chi connectivity index (χ0v) is 36.1. The fourth-order valence-electron chi connectivity index (χ4n) is 6.87. The summed E-state index contributed by atoms with van der Waals surface area (Å²) in [6, 6.07) is -1.38. The maximum atomic E-state index is 12.8. The van der Waals surface area contributed by atoms with Crippen LogP contribution in [-0.4, -0.2) is 59.3 Å². The summed E-state index contributed by atoms with van der Waals surface area (Å²) < 4.78 is 6.02. The van der Waals surface area contributed by atoms with E-state index in [9.17, 15) is 19.2 Å². The van der Waals surface area contributed by atoms with Gasteiger partial charge in [0.05, 0.1) is 13.2 Å². The number of allylic oxidation sites excluding steroid dienone is 4. The Morgan fingerprint density at radius 3 is 1.50 bits per heavy atom. The molecule has 9 nitrogen and oxygen atoms in total. The average molecular weight is 791 g/mol. The van der Waals surface area contributed by atoms with E-state index >= 15 is 0 Å². The number of aliphatic hydroxyl groups excluding tert-OH is 1. The molecule has 0 heterocycles. The van der Waals surface area contributed by atoms with E-state index in [-0.39, 0.29) is 30.9 Å². The zero-order valence-electron chi connectivity index (χ0n) is 36.1. The Hall–Kier alpha value is -2.68. The molecule has 0 radical (unpaired) electrons. The molecule has 2 amide bonds. The van der Waals surface area contributed by atoms with Crippen LogP contribution in [0.3, 0.4) is 0 Å². The number of unbranched alkanes of at least 4 members (excludes halogenated alkanes) is 24. The van der Waals surface area contributed by atoms with Gasteiger partial charge in [0.25, 0.3) is 0 Å². The van der Waals surface area contributed by atoms with E-state index in [4.69, 9.17) is 14.9 Å². The number of nitrogens with one attached hydrogen (secondary N) is 2. The number of ether oxygens (including phenoxy) is 1. The van der Waals surface area contributed by atoms with E-state index in [1.165, 1.54) is 122 Å². The summed E-state index contributed by atoms with van der Waals surface area (Å²) in [6.45, 7) is 3.48. The summed E-state index contributed by atoms with van der Waals surface area (Å²) >= 11 is 0. The summed E-state index contributed by atoms with van der Waals surface area (Å²) in [7, 11) is 0. The first kappa shape index (κ1) is 53.3. The number of carboxylic acids is 1. The lowest BCUT2D eigenvalue weighted by Gasteiger charge is -2.18. The Kier molecular flexibility index (Phi) is 39.9. The van der Waals surface area contributed by atoms with Crippen LogP contribution in [0.15, 0.2) is 24.3 Å². The number of esters is 1. The van der Waals surface area contributed by atoms with Crippen LogP contribution in [0.2, 0.25) is 0 Å². The van der Waals surface area contributed by atoms with Crippen molar-refractivity contribution in [1.82, 2.24) is 10.6 Å². The van der Waals surface area contributed by atoms with Gasteiger partial charge in [0.15, 0.2) is 0 Å². The van der Waals surface area contributed by atoms with Gasteiger partial charge in [-0.3, -0.25) is 14.4 Å². The molecule has 0 fully saturated rings. The van der Waals surface area contributed by atoms with Gasteiger partial charge in [-0.25, -0.2) is 4.79 Å². The highest BCUT2D eigenvalue weighted by Gasteiger charge is 2.19. The van der Waals surface area contributed by atoms with Gasteiger partial charge in [-0.15, -0.1) is 0 Å². The van der Waals surface area contributed by atoms with Crippen molar-refractivity contribution in [3.8, 4) is 0 Å². The van der Waals surface area contributed by atoms with Crippen LogP contribution in [0.25, 0.3) is 0 Å². The quantitative estimate of drug-likeness (QED) is 0.0274. The number of carbonyl (C=O) groups excluding carboxylic acids is 3. The predicted molar refractivity (Wildman–Crippen MR) is 232 cm³/mol. The molecule has 0 saturated heterocycles. The largest absolute Gasteiger partial charge is 0.480 e. The van der Waals surface area contributed by atoms with E-state index in [0.717, 1.165) is 70.6 Å². The lowest BCUT2D eigenvalue weighted by atomic mass is 10.0. The van der Waals surface area contributed by atoms with Crippen molar-refractivity contribution in [3.05, 3.63) is 24.3 Å². The molecular weight excluding hydrogens is 705 g/mol. The molecule has 9 heteroatoms. The second-order valence-corrected chi connectivity index (χ2v) is 15.8. The van der Waals surface area contributed by atoms with Crippen LogP contribution in [0.1, 0.15) is 226 Å². The summed E-state index contributed by atoms with van der Waals surface area (Å²) in [6.07, 6.45) is 46.3. The van der Waals surface area contributed by atoms with Crippen LogP contribution >= 0.6 is 0 Å². The second kappa shape index (κ2) is 41.9. The van der Waals surface area contributed by atoms with Gasteiger partial charge in [-0.1, -0.05) is 173 Å². The molecule has 0 aromatic heterocycles. The third kappa shape index (κ3) is 38.2. The lowest BCUT2D eigenvalue weighted by Crippen LogP contribution is -2.47. The first-order valence-electron chi connectivity index (χ1n) is 23.2. The summed E-state index contributed by atoms with van der Waals surface area (Å²) in [5.74, 6) is -2.31. The van der Waals surface area contributed by atoms with E-state index in [1.54, 1.807) is 0 Å².